The van der Waals surface area contributed by atoms with Gasteiger partial charge in [-0.3, -0.25) is 14.3 Å². The topological polar surface area (TPSA) is 72.7 Å². The van der Waals surface area contributed by atoms with Crippen LogP contribution in [0.3, 0.4) is 0 Å². The number of aromatic nitrogens is 4. The lowest BCUT2D eigenvalue weighted by atomic mass is 10.2. The quantitative estimate of drug-likeness (QED) is 0.313. The predicted octanol–water partition coefficient (Wildman–Crippen LogP) is 4.52. The highest BCUT2D eigenvalue weighted by Gasteiger charge is 2.15. The Bertz CT molecular complexity index is 1100. The summed E-state index contributed by atoms with van der Waals surface area (Å²) >= 11 is 1.61. The van der Waals surface area contributed by atoms with Crippen molar-refractivity contribution < 1.29 is 4.79 Å². The zero-order valence-corrected chi connectivity index (χ0v) is 17.8. The van der Waals surface area contributed by atoms with Crippen LogP contribution in [0.2, 0.25) is 0 Å². The van der Waals surface area contributed by atoms with Crippen molar-refractivity contribution in [2.45, 2.75) is 24.5 Å². The van der Waals surface area contributed by atoms with Crippen molar-refractivity contribution in [2.75, 3.05) is 5.75 Å². The van der Waals surface area contributed by atoms with E-state index in [0.717, 1.165) is 40.0 Å². The maximum atomic E-state index is 12.1. The molecule has 2 heterocycles. The summed E-state index contributed by atoms with van der Waals surface area (Å²) in [4.78, 5) is 16.2. The number of carbonyl (C=O) groups is 1. The molecule has 0 fully saturated rings. The minimum absolute atomic E-state index is 0.0407. The van der Waals surface area contributed by atoms with Gasteiger partial charge in [-0.1, -0.05) is 66.4 Å². The molecule has 2 aromatic carbocycles. The fourth-order valence-electron chi connectivity index (χ4n) is 3.14. The summed E-state index contributed by atoms with van der Waals surface area (Å²) in [6, 6.07) is 24.0. The standard InChI is InChI=1S/C24H23N5OS/c30-22(26-18-19-9-7-15-25-17-19)14-8-16-31-24-28-27-23(20-10-3-1-4-11-20)29(24)21-12-5-2-6-13-21/h1-7,9-13,15,17H,8,14,16,18H2,(H,26,30). The Labute approximate surface area is 185 Å². The highest BCUT2D eigenvalue weighted by Crippen LogP contribution is 2.28. The van der Waals surface area contributed by atoms with Crippen LogP contribution in [0.15, 0.2) is 90.3 Å². The molecule has 31 heavy (non-hydrogen) atoms. The number of pyridine rings is 1. The van der Waals surface area contributed by atoms with Crippen LogP contribution in [-0.2, 0) is 11.3 Å². The normalized spacial score (nSPS) is 10.7. The average molecular weight is 430 g/mol. The number of nitrogens with zero attached hydrogens (tertiary/aromatic N) is 4. The average Bonchev–Trinajstić information content (AvgIpc) is 3.26. The first-order chi connectivity index (χ1) is 15.3. The third-order valence-electron chi connectivity index (χ3n) is 4.67. The van der Waals surface area contributed by atoms with Gasteiger partial charge in [-0.15, -0.1) is 10.2 Å². The Morgan fingerprint density at radius 3 is 2.45 bits per heavy atom. The van der Waals surface area contributed by atoms with E-state index in [4.69, 9.17) is 0 Å². The van der Waals surface area contributed by atoms with Crippen molar-refractivity contribution in [3.63, 3.8) is 0 Å². The van der Waals surface area contributed by atoms with E-state index in [9.17, 15) is 4.79 Å². The zero-order chi connectivity index (χ0) is 21.3. The van der Waals surface area contributed by atoms with E-state index in [2.05, 4.69) is 25.1 Å². The molecule has 0 aliphatic carbocycles. The van der Waals surface area contributed by atoms with Crippen molar-refractivity contribution in [2.24, 2.45) is 0 Å². The minimum Gasteiger partial charge on any atom is -0.352 e. The largest absolute Gasteiger partial charge is 0.352 e. The number of hydrogen-bond acceptors (Lipinski definition) is 5. The molecule has 0 unspecified atom stereocenters. The number of amides is 1. The van der Waals surface area contributed by atoms with Gasteiger partial charge in [-0.05, 0) is 30.2 Å². The fourth-order valence-corrected chi connectivity index (χ4v) is 4.03. The van der Waals surface area contributed by atoms with Gasteiger partial charge in [0, 0.05) is 42.4 Å². The molecule has 1 amide bonds. The second-order valence-electron chi connectivity index (χ2n) is 6.93. The van der Waals surface area contributed by atoms with Crippen LogP contribution in [-0.4, -0.2) is 31.4 Å². The third-order valence-corrected chi connectivity index (χ3v) is 5.69. The maximum absolute atomic E-state index is 12.1. The number of nitrogens with one attached hydrogen (secondary N) is 1. The van der Waals surface area contributed by atoms with Gasteiger partial charge in [-0.2, -0.15) is 0 Å². The number of rotatable bonds is 9. The van der Waals surface area contributed by atoms with Crippen LogP contribution in [0.5, 0.6) is 0 Å². The summed E-state index contributed by atoms with van der Waals surface area (Å²) in [5, 5.41) is 12.6. The Hall–Kier alpha value is -3.45. The first-order valence-corrected chi connectivity index (χ1v) is 11.1. The SMILES string of the molecule is O=C(CCCSc1nnc(-c2ccccc2)n1-c1ccccc1)NCc1cccnc1. The molecule has 6 nitrogen and oxygen atoms in total. The first kappa shape index (κ1) is 20.8. The summed E-state index contributed by atoms with van der Waals surface area (Å²) in [5.74, 6) is 1.63. The van der Waals surface area contributed by atoms with E-state index in [1.165, 1.54) is 0 Å². The van der Waals surface area contributed by atoms with Crippen molar-refractivity contribution in [1.82, 2.24) is 25.1 Å². The van der Waals surface area contributed by atoms with Gasteiger partial charge in [0.2, 0.25) is 5.91 Å². The van der Waals surface area contributed by atoms with E-state index in [1.54, 1.807) is 24.2 Å². The molecular formula is C24H23N5OS. The molecule has 4 aromatic rings. The third kappa shape index (κ3) is 5.58. The minimum atomic E-state index is 0.0407. The first-order valence-electron chi connectivity index (χ1n) is 10.2. The molecule has 7 heteroatoms. The highest BCUT2D eigenvalue weighted by atomic mass is 32.2. The number of benzene rings is 2. The summed E-state index contributed by atoms with van der Waals surface area (Å²) in [7, 11) is 0. The van der Waals surface area contributed by atoms with Crippen molar-refractivity contribution in [1.29, 1.82) is 0 Å². The molecule has 0 radical (unpaired) electrons. The highest BCUT2D eigenvalue weighted by molar-refractivity contribution is 7.99. The Morgan fingerprint density at radius 2 is 1.71 bits per heavy atom. The molecule has 0 atom stereocenters. The van der Waals surface area contributed by atoms with E-state index in [1.807, 2.05) is 72.8 Å². The Kier molecular flexibility index (Phi) is 7.08. The summed E-state index contributed by atoms with van der Waals surface area (Å²) in [6.45, 7) is 0.503. The lowest BCUT2D eigenvalue weighted by Gasteiger charge is -2.10. The summed E-state index contributed by atoms with van der Waals surface area (Å²) in [5.41, 5.74) is 3.03. The summed E-state index contributed by atoms with van der Waals surface area (Å²) in [6.07, 6.45) is 4.71. The number of carbonyl (C=O) groups excluding carboxylic acids is 1. The van der Waals surface area contributed by atoms with Crippen molar-refractivity contribution in [3.8, 4) is 17.1 Å². The zero-order valence-electron chi connectivity index (χ0n) is 17.0. The lowest BCUT2D eigenvalue weighted by Crippen LogP contribution is -2.22. The van der Waals surface area contributed by atoms with E-state index in [0.29, 0.717) is 13.0 Å². The molecule has 156 valence electrons. The second-order valence-corrected chi connectivity index (χ2v) is 8.00. The Morgan fingerprint density at radius 1 is 0.935 bits per heavy atom. The maximum Gasteiger partial charge on any atom is 0.220 e. The van der Waals surface area contributed by atoms with Gasteiger partial charge in [0.15, 0.2) is 11.0 Å². The van der Waals surface area contributed by atoms with E-state index >= 15 is 0 Å². The molecule has 0 aliphatic heterocycles. The second kappa shape index (κ2) is 10.5. The monoisotopic (exact) mass is 429 g/mol. The fraction of sp³-hybridized carbons (Fsp3) is 0.167. The Balaban J connectivity index is 1.37. The van der Waals surface area contributed by atoms with Crippen LogP contribution in [0.4, 0.5) is 0 Å². The number of hydrogen-bond donors (Lipinski definition) is 1. The molecule has 0 bridgehead atoms. The van der Waals surface area contributed by atoms with Crippen LogP contribution in [0.25, 0.3) is 17.1 Å². The van der Waals surface area contributed by atoms with E-state index in [-0.39, 0.29) is 5.91 Å². The van der Waals surface area contributed by atoms with Gasteiger partial charge in [0.1, 0.15) is 0 Å². The van der Waals surface area contributed by atoms with Crippen molar-refractivity contribution >= 4 is 17.7 Å². The number of thioether (sulfide) groups is 1. The molecule has 4 rings (SSSR count). The van der Waals surface area contributed by atoms with Gasteiger partial charge in [-0.25, -0.2) is 0 Å². The van der Waals surface area contributed by atoms with Gasteiger partial charge < -0.3 is 5.32 Å². The van der Waals surface area contributed by atoms with Crippen LogP contribution in [0, 0.1) is 0 Å². The van der Waals surface area contributed by atoms with E-state index < -0.39 is 0 Å². The van der Waals surface area contributed by atoms with Crippen molar-refractivity contribution in [3.05, 3.63) is 90.8 Å². The molecule has 0 aliphatic rings. The summed E-state index contributed by atoms with van der Waals surface area (Å²) < 4.78 is 2.07. The molecule has 1 N–H and O–H groups in total. The smallest absolute Gasteiger partial charge is 0.220 e. The van der Waals surface area contributed by atoms with Crippen LogP contribution < -0.4 is 5.32 Å². The lowest BCUT2D eigenvalue weighted by molar-refractivity contribution is -0.121. The molecular weight excluding hydrogens is 406 g/mol. The van der Waals surface area contributed by atoms with Gasteiger partial charge in [0.25, 0.3) is 0 Å². The number of para-hydroxylation sites is 1. The molecule has 0 spiro atoms. The molecule has 0 saturated heterocycles. The van der Waals surface area contributed by atoms with Gasteiger partial charge in [0.05, 0.1) is 0 Å². The predicted molar refractivity (Wildman–Crippen MR) is 123 cm³/mol. The molecule has 2 aromatic heterocycles. The molecule has 0 saturated carbocycles. The van der Waals surface area contributed by atoms with Crippen LogP contribution >= 0.6 is 11.8 Å². The van der Waals surface area contributed by atoms with Gasteiger partial charge >= 0.3 is 0 Å². The van der Waals surface area contributed by atoms with Crippen LogP contribution in [0.1, 0.15) is 18.4 Å².